The van der Waals surface area contributed by atoms with Gasteiger partial charge in [-0.15, -0.1) is 10.2 Å². The molecule has 0 aromatic carbocycles. The lowest BCUT2D eigenvalue weighted by molar-refractivity contribution is 0.149. The summed E-state index contributed by atoms with van der Waals surface area (Å²) in [4.78, 5) is 16.6. The van der Waals surface area contributed by atoms with Crippen LogP contribution in [0, 0.1) is 5.92 Å². The average Bonchev–Trinajstić information content (AvgIpc) is 3.33. The highest BCUT2D eigenvalue weighted by Gasteiger charge is 2.33. The van der Waals surface area contributed by atoms with Crippen LogP contribution in [0.4, 0.5) is 10.7 Å². The number of piperidine rings is 1. The quantitative estimate of drug-likeness (QED) is 0.835. The lowest BCUT2D eigenvalue weighted by Gasteiger charge is -2.40. The Bertz CT molecular complexity index is 689. The van der Waals surface area contributed by atoms with Gasteiger partial charge >= 0.3 is 6.03 Å². The van der Waals surface area contributed by atoms with E-state index in [-0.39, 0.29) is 6.03 Å². The summed E-state index contributed by atoms with van der Waals surface area (Å²) in [5, 5.41) is 12.3. The minimum Gasteiger partial charge on any atom is -0.381 e. The topological polar surface area (TPSA) is 75.5 Å². The predicted octanol–water partition coefficient (Wildman–Crippen LogP) is 1.97. The number of nitrogens with one attached hydrogen (secondary N) is 1. The molecular formula is C20H32N6O2. The molecule has 3 aliphatic heterocycles. The Morgan fingerprint density at radius 1 is 1.04 bits per heavy atom. The molecule has 1 unspecified atom stereocenters. The molecule has 1 atom stereocenters. The van der Waals surface area contributed by atoms with Crippen molar-refractivity contribution in [1.82, 2.24) is 25.0 Å². The van der Waals surface area contributed by atoms with Crippen LogP contribution >= 0.6 is 0 Å². The molecule has 4 heterocycles. The van der Waals surface area contributed by atoms with Crippen LogP contribution in [0.15, 0.2) is 0 Å². The van der Waals surface area contributed by atoms with Gasteiger partial charge in [0.15, 0.2) is 0 Å². The molecule has 8 nitrogen and oxygen atoms in total. The molecule has 4 aliphatic rings. The van der Waals surface area contributed by atoms with Crippen LogP contribution in [0.25, 0.3) is 0 Å². The lowest BCUT2D eigenvalue weighted by atomic mass is 9.84. The SMILES string of the molecule is O=C1NCCCN1C1CCN(c2nnc(C3CCC3)n2CC2CCOC2)CC1. The van der Waals surface area contributed by atoms with Crippen LogP contribution in [0.3, 0.4) is 0 Å². The van der Waals surface area contributed by atoms with Crippen LogP contribution in [-0.2, 0) is 11.3 Å². The van der Waals surface area contributed by atoms with Gasteiger partial charge in [0.05, 0.1) is 6.61 Å². The average molecular weight is 389 g/mol. The number of rotatable bonds is 5. The molecular weight excluding hydrogens is 356 g/mol. The van der Waals surface area contributed by atoms with Gasteiger partial charge < -0.3 is 19.9 Å². The maximum absolute atomic E-state index is 12.2. The summed E-state index contributed by atoms with van der Waals surface area (Å²) in [7, 11) is 0. The molecule has 1 aliphatic carbocycles. The van der Waals surface area contributed by atoms with Crippen LogP contribution in [0.1, 0.15) is 56.7 Å². The lowest BCUT2D eigenvalue weighted by Crippen LogP contribution is -2.54. The third-order valence-electron chi connectivity index (χ3n) is 7.00. The minimum atomic E-state index is 0.112. The van der Waals surface area contributed by atoms with Crippen LogP contribution in [0.5, 0.6) is 0 Å². The minimum absolute atomic E-state index is 0.112. The third kappa shape index (κ3) is 3.47. The van der Waals surface area contributed by atoms with E-state index in [2.05, 4.69) is 25.0 Å². The Hall–Kier alpha value is -1.83. The van der Waals surface area contributed by atoms with Gasteiger partial charge in [-0.25, -0.2) is 4.79 Å². The van der Waals surface area contributed by atoms with Crippen molar-refractivity contribution in [3.8, 4) is 0 Å². The molecule has 4 fully saturated rings. The van der Waals surface area contributed by atoms with Crippen molar-refractivity contribution in [3.63, 3.8) is 0 Å². The van der Waals surface area contributed by atoms with Gasteiger partial charge in [-0.1, -0.05) is 6.42 Å². The second-order valence-electron chi connectivity index (χ2n) is 8.82. The molecule has 0 bridgehead atoms. The van der Waals surface area contributed by atoms with Gasteiger partial charge in [0.2, 0.25) is 5.95 Å². The van der Waals surface area contributed by atoms with Crippen molar-refractivity contribution in [1.29, 1.82) is 0 Å². The molecule has 28 heavy (non-hydrogen) atoms. The molecule has 0 spiro atoms. The maximum Gasteiger partial charge on any atom is 0.317 e. The Morgan fingerprint density at radius 2 is 1.89 bits per heavy atom. The normalized spacial score (nSPS) is 27.1. The predicted molar refractivity (Wildman–Crippen MR) is 105 cm³/mol. The molecule has 1 aromatic rings. The standard InChI is InChI=1S/C20H32N6O2/c27-20-21-8-2-9-25(20)17-5-10-24(11-6-17)19-23-22-18(16-3-1-4-16)26(19)13-15-7-12-28-14-15/h15-17H,1-14H2,(H,21,27). The summed E-state index contributed by atoms with van der Waals surface area (Å²) in [5.41, 5.74) is 0. The maximum atomic E-state index is 12.2. The number of hydrogen-bond acceptors (Lipinski definition) is 5. The van der Waals surface area contributed by atoms with Crippen LogP contribution < -0.4 is 10.2 Å². The summed E-state index contributed by atoms with van der Waals surface area (Å²) in [5.74, 6) is 3.38. The number of aromatic nitrogens is 3. The van der Waals surface area contributed by atoms with E-state index in [0.717, 1.165) is 77.6 Å². The first-order valence-electron chi connectivity index (χ1n) is 11.1. The number of anilines is 1. The zero-order valence-electron chi connectivity index (χ0n) is 16.7. The van der Waals surface area contributed by atoms with Crippen molar-refractivity contribution in [2.75, 3.05) is 44.3 Å². The zero-order valence-corrected chi connectivity index (χ0v) is 16.7. The van der Waals surface area contributed by atoms with Gasteiger partial charge in [-0.05, 0) is 38.5 Å². The van der Waals surface area contributed by atoms with Gasteiger partial charge in [-0.2, -0.15) is 0 Å². The van der Waals surface area contributed by atoms with E-state index in [1.54, 1.807) is 0 Å². The zero-order chi connectivity index (χ0) is 18.9. The molecule has 5 rings (SSSR count). The van der Waals surface area contributed by atoms with Crippen LogP contribution in [0.2, 0.25) is 0 Å². The fourth-order valence-corrected chi connectivity index (χ4v) is 5.04. The first-order valence-corrected chi connectivity index (χ1v) is 11.1. The summed E-state index contributed by atoms with van der Waals surface area (Å²) >= 11 is 0. The Balaban J connectivity index is 1.29. The molecule has 1 N–H and O–H groups in total. The Morgan fingerprint density at radius 3 is 2.57 bits per heavy atom. The molecule has 2 amide bonds. The van der Waals surface area contributed by atoms with Gasteiger partial charge in [-0.3, -0.25) is 4.57 Å². The highest BCUT2D eigenvalue weighted by molar-refractivity contribution is 5.75. The first-order chi connectivity index (χ1) is 13.8. The van der Waals surface area contributed by atoms with Crippen molar-refractivity contribution < 1.29 is 9.53 Å². The van der Waals surface area contributed by atoms with Gasteiger partial charge in [0.25, 0.3) is 0 Å². The number of hydrogen-bond donors (Lipinski definition) is 1. The molecule has 154 valence electrons. The molecule has 0 radical (unpaired) electrons. The van der Waals surface area contributed by atoms with Gasteiger partial charge in [0, 0.05) is 57.2 Å². The molecule has 1 saturated carbocycles. The van der Waals surface area contributed by atoms with Crippen molar-refractivity contribution in [2.45, 2.75) is 63.5 Å². The smallest absolute Gasteiger partial charge is 0.317 e. The van der Waals surface area contributed by atoms with E-state index >= 15 is 0 Å². The van der Waals surface area contributed by atoms with Gasteiger partial charge in [0.1, 0.15) is 5.82 Å². The third-order valence-corrected chi connectivity index (χ3v) is 7.00. The summed E-state index contributed by atoms with van der Waals surface area (Å²) < 4.78 is 8.01. The first kappa shape index (κ1) is 18.2. The molecule has 3 saturated heterocycles. The monoisotopic (exact) mass is 388 g/mol. The van der Waals surface area contributed by atoms with E-state index in [0.29, 0.717) is 17.9 Å². The van der Waals surface area contributed by atoms with E-state index in [4.69, 9.17) is 4.74 Å². The fraction of sp³-hybridized carbons (Fsp3) is 0.850. The van der Waals surface area contributed by atoms with E-state index in [1.165, 1.54) is 25.1 Å². The molecule has 1 aromatic heterocycles. The second kappa shape index (κ2) is 7.89. The van der Waals surface area contributed by atoms with Crippen molar-refractivity contribution in [2.24, 2.45) is 5.92 Å². The van der Waals surface area contributed by atoms with Crippen molar-refractivity contribution in [3.05, 3.63) is 5.82 Å². The van der Waals surface area contributed by atoms with Crippen molar-refractivity contribution >= 4 is 12.0 Å². The highest BCUT2D eigenvalue weighted by atomic mass is 16.5. The van der Waals surface area contributed by atoms with E-state index < -0.39 is 0 Å². The Kier molecular flexibility index (Phi) is 5.13. The number of nitrogens with zero attached hydrogens (tertiary/aromatic N) is 5. The molecule has 8 heteroatoms. The number of carbonyl (C=O) groups excluding carboxylic acids is 1. The Labute approximate surface area is 166 Å². The number of carbonyl (C=O) groups is 1. The number of ether oxygens (including phenoxy) is 1. The van der Waals surface area contributed by atoms with Crippen LogP contribution in [-0.4, -0.2) is 71.1 Å². The summed E-state index contributed by atoms with van der Waals surface area (Å²) in [6, 6.07) is 0.462. The summed E-state index contributed by atoms with van der Waals surface area (Å²) in [6.45, 7) is 6.30. The van der Waals surface area contributed by atoms with E-state index in [1.807, 2.05) is 4.90 Å². The summed E-state index contributed by atoms with van der Waals surface area (Å²) in [6.07, 6.45) is 7.99. The number of urea groups is 1. The van der Waals surface area contributed by atoms with E-state index in [9.17, 15) is 4.79 Å². The fourth-order valence-electron chi connectivity index (χ4n) is 5.04. The number of amides is 2. The highest BCUT2D eigenvalue weighted by Crippen LogP contribution is 2.37. The second-order valence-corrected chi connectivity index (χ2v) is 8.82. The largest absolute Gasteiger partial charge is 0.381 e.